The van der Waals surface area contributed by atoms with E-state index in [1.807, 2.05) is 12.1 Å². The average Bonchev–Trinajstić information content (AvgIpc) is 2.91. The van der Waals surface area contributed by atoms with Crippen molar-refractivity contribution in [3.05, 3.63) is 119 Å². The largest absolute Gasteiger partial charge is 0.539 e. The zero-order valence-electron chi connectivity index (χ0n) is 19.7. The molecule has 0 aromatic heterocycles. The molecule has 0 unspecified atom stereocenters. The van der Waals surface area contributed by atoms with E-state index < -0.39 is 34.5 Å². The van der Waals surface area contributed by atoms with Gasteiger partial charge in [0.25, 0.3) is 0 Å². The summed E-state index contributed by atoms with van der Waals surface area (Å²) in [5.74, 6) is 0.455. The Kier molecular flexibility index (Phi) is 8.21. The quantitative estimate of drug-likeness (QED) is 0.102. The van der Waals surface area contributed by atoms with Gasteiger partial charge in [-0.05, 0) is 50.8 Å². The molecule has 0 atom stereocenters. The first-order valence-electron chi connectivity index (χ1n) is 11.5. The summed E-state index contributed by atoms with van der Waals surface area (Å²) in [5, 5.41) is 67.0. The lowest BCUT2D eigenvalue weighted by Gasteiger charge is -2.37. The van der Waals surface area contributed by atoms with Crippen LogP contribution < -0.4 is 21.0 Å². The fourth-order valence-corrected chi connectivity index (χ4v) is 4.59. The summed E-state index contributed by atoms with van der Waals surface area (Å²) in [7, 11) is -5.41. The van der Waals surface area contributed by atoms with E-state index in [0.29, 0.717) is 22.1 Å². The molecule has 0 fully saturated rings. The second-order valence-corrected chi connectivity index (χ2v) is 8.53. The molecule has 4 aromatic rings. The summed E-state index contributed by atoms with van der Waals surface area (Å²) in [6, 6.07) is 27.4. The Hall–Kier alpha value is -3.34. The SMILES string of the molecule is OBOc1ccc(C(c2ccc(B(O)O)cc2)(c2ccc(B(O)O)cc2)c2ccc(B(O)O)cc2)cc1. The van der Waals surface area contributed by atoms with Crippen LogP contribution in [0.3, 0.4) is 0 Å². The van der Waals surface area contributed by atoms with Gasteiger partial charge in [-0.1, -0.05) is 84.9 Å². The molecule has 0 spiro atoms. The summed E-state index contributed by atoms with van der Waals surface area (Å²) >= 11 is 0. The third-order valence-corrected chi connectivity index (χ3v) is 6.44. The molecule has 0 aliphatic rings. The first-order valence-corrected chi connectivity index (χ1v) is 11.5. The lowest BCUT2D eigenvalue weighted by Crippen LogP contribution is -2.36. The van der Waals surface area contributed by atoms with Gasteiger partial charge in [-0.15, -0.1) is 0 Å². The normalized spacial score (nSPS) is 11.1. The average molecular weight is 496 g/mol. The van der Waals surface area contributed by atoms with Crippen LogP contribution in [0.15, 0.2) is 97.1 Å². The van der Waals surface area contributed by atoms with Crippen LogP contribution in [0.5, 0.6) is 5.75 Å². The van der Waals surface area contributed by atoms with E-state index in [9.17, 15) is 30.1 Å². The molecule has 7 N–H and O–H groups in total. The highest BCUT2D eigenvalue weighted by molar-refractivity contribution is 6.59. The minimum atomic E-state index is -1.64. The second kappa shape index (κ2) is 11.4. The number of hydrogen-bond acceptors (Lipinski definition) is 8. The molecule has 0 saturated heterocycles. The maximum atomic E-state index is 9.64. The van der Waals surface area contributed by atoms with E-state index in [0.717, 1.165) is 22.3 Å². The van der Waals surface area contributed by atoms with Crippen molar-refractivity contribution in [1.29, 1.82) is 0 Å². The Balaban J connectivity index is 2.04. The van der Waals surface area contributed by atoms with Gasteiger partial charge in [0, 0.05) is 0 Å². The summed E-state index contributed by atoms with van der Waals surface area (Å²) < 4.78 is 5.21. The van der Waals surface area contributed by atoms with Gasteiger partial charge in [-0.2, -0.15) is 0 Å². The molecule has 184 valence electrons. The molecule has 0 bridgehead atoms. The molecule has 4 aromatic carbocycles. The molecule has 8 nitrogen and oxygen atoms in total. The second-order valence-electron chi connectivity index (χ2n) is 8.53. The monoisotopic (exact) mass is 496 g/mol. The van der Waals surface area contributed by atoms with Crippen molar-refractivity contribution < 1.29 is 39.8 Å². The Labute approximate surface area is 215 Å². The zero-order chi connectivity index (χ0) is 26.6. The Morgan fingerprint density at radius 3 is 0.973 bits per heavy atom. The lowest BCUT2D eigenvalue weighted by atomic mass is 9.63. The van der Waals surface area contributed by atoms with Crippen molar-refractivity contribution in [2.75, 3.05) is 0 Å². The molecule has 4 rings (SSSR count). The van der Waals surface area contributed by atoms with E-state index in [-0.39, 0.29) is 0 Å². The predicted octanol–water partition coefficient (Wildman–Crippen LogP) is -2.25. The van der Waals surface area contributed by atoms with E-state index in [1.54, 1.807) is 84.9 Å². The topological polar surface area (TPSA) is 151 Å². The number of benzene rings is 4. The van der Waals surface area contributed by atoms with Crippen molar-refractivity contribution in [2.24, 2.45) is 0 Å². The van der Waals surface area contributed by atoms with Crippen LogP contribution >= 0.6 is 0 Å². The Bertz CT molecular complexity index is 1170. The Morgan fingerprint density at radius 1 is 0.459 bits per heavy atom. The molecular weight excluding hydrogens is 472 g/mol. The lowest BCUT2D eigenvalue weighted by molar-refractivity contribution is 0.424. The fraction of sp³-hybridized carbons (Fsp3) is 0.0400. The molecule has 0 aliphatic heterocycles. The van der Waals surface area contributed by atoms with E-state index in [4.69, 9.17) is 9.68 Å². The highest BCUT2D eigenvalue weighted by Crippen LogP contribution is 2.45. The van der Waals surface area contributed by atoms with Crippen LogP contribution in [-0.2, 0) is 5.41 Å². The van der Waals surface area contributed by atoms with Gasteiger partial charge in [-0.25, -0.2) is 0 Å². The molecule has 0 amide bonds. The maximum absolute atomic E-state index is 9.64. The van der Waals surface area contributed by atoms with Gasteiger partial charge in [0.1, 0.15) is 5.75 Å². The highest BCUT2D eigenvalue weighted by atomic mass is 16.5. The van der Waals surface area contributed by atoms with E-state index >= 15 is 0 Å². The first kappa shape index (κ1) is 26.7. The molecule has 0 heterocycles. The fourth-order valence-electron chi connectivity index (χ4n) is 4.59. The smallest absolute Gasteiger partial charge is 0.504 e. The predicted molar refractivity (Wildman–Crippen MR) is 144 cm³/mol. The first-order chi connectivity index (χ1) is 17.8. The summed E-state index contributed by atoms with van der Waals surface area (Å²) in [4.78, 5) is 0. The maximum Gasteiger partial charge on any atom is 0.504 e. The van der Waals surface area contributed by atoms with Gasteiger partial charge < -0.3 is 39.8 Å². The van der Waals surface area contributed by atoms with Crippen molar-refractivity contribution in [3.8, 4) is 5.75 Å². The standard InChI is InChI=1S/C25H24B4O8/c30-26-37-24-15-7-20(8-16-24)25(17-1-9-21(10-2-17)27(31)32,18-3-11-22(12-4-18)28(33)34)19-5-13-23(14-6-19)29(35)36/h1-16,26,30-36H. The minimum absolute atomic E-state index is 0.307. The van der Waals surface area contributed by atoms with E-state index in [1.165, 1.54) is 0 Å². The van der Waals surface area contributed by atoms with Gasteiger partial charge in [0.05, 0.1) is 5.41 Å². The van der Waals surface area contributed by atoms with Crippen LogP contribution in [0.1, 0.15) is 22.3 Å². The van der Waals surface area contributed by atoms with Gasteiger partial charge in [0.2, 0.25) is 0 Å². The van der Waals surface area contributed by atoms with Gasteiger partial charge in [0.15, 0.2) is 0 Å². The van der Waals surface area contributed by atoms with Crippen molar-refractivity contribution in [1.82, 2.24) is 0 Å². The van der Waals surface area contributed by atoms with Crippen molar-refractivity contribution >= 4 is 45.4 Å². The minimum Gasteiger partial charge on any atom is -0.539 e. The number of hydrogen-bond donors (Lipinski definition) is 7. The van der Waals surface area contributed by atoms with Crippen LogP contribution in [0, 0.1) is 0 Å². The summed E-state index contributed by atoms with van der Waals surface area (Å²) in [6.07, 6.45) is 0. The van der Waals surface area contributed by atoms with Crippen LogP contribution in [0.4, 0.5) is 0 Å². The third-order valence-electron chi connectivity index (χ3n) is 6.44. The molecule has 12 heteroatoms. The van der Waals surface area contributed by atoms with Crippen LogP contribution in [0.25, 0.3) is 0 Å². The van der Waals surface area contributed by atoms with E-state index in [2.05, 4.69) is 0 Å². The van der Waals surface area contributed by atoms with Crippen molar-refractivity contribution in [2.45, 2.75) is 5.41 Å². The highest BCUT2D eigenvalue weighted by Gasteiger charge is 2.39. The summed E-state index contributed by atoms with van der Waals surface area (Å²) in [6.45, 7) is 0. The van der Waals surface area contributed by atoms with Crippen LogP contribution in [0.2, 0.25) is 0 Å². The third kappa shape index (κ3) is 5.36. The van der Waals surface area contributed by atoms with Crippen LogP contribution in [-0.4, -0.2) is 64.2 Å². The molecule has 37 heavy (non-hydrogen) atoms. The molecular formula is C25H24B4O8. The molecule has 0 radical (unpaired) electrons. The van der Waals surface area contributed by atoms with Gasteiger partial charge in [-0.3, -0.25) is 0 Å². The van der Waals surface area contributed by atoms with Crippen molar-refractivity contribution in [3.63, 3.8) is 0 Å². The Morgan fingerprint density at radius 2 is 0.730 bits per heavy atom. The van der Waals surface area contributed by atoms with Gasteiger partial charge >= 0.3 is 29.0 Å². The summed E-state index contributed by atoms with van der Waals surface area (Å²) in [5.41, 5.74) is 2.95. The molecule has 0 aliphatic carbocycles. The molecule has 0 saturated carbocycles. The number of rotatable bonds is 9. The zero-order valence-corrected chi connectivity index (χ0v) is 19.7.